The summed E-state index contributed by atoms with van der Waals surface area (Å²) in [4.78, 5) is 25.4. The molecule has 0 amide bonds. The Morgan fingerprint density at radius 3 is 1.94 bits per heavy atom. The molecule has 0 aliphatic carbocycles. The van der Waals surface area contributed by atoms with E-state index < -0.39 is 11.1 Å². The number of methoxy groups -OCH3 is 1. The van der Waals surface area contributed by atoms with E-state index in [0.29, 0.717) is 5.57 Å². The highest BCUT2D eigenvalue weighted by Gasteiger charge is 2.55. The first-order valence-corrected chi connectivity index (χ1v) is 12.5. The number of hydrogen-bond donors (Lipinski definition) is 0. The third kappa shape index (κ3) is 4.08. The van der Waals surface area contributed by atoms with E-state index in [4.69, 9.17) is 14.7 Å². The van der Waals surface area contributed by atoms with Crippen LogP contribution in [0.15, 0.2) is 113 Å². The van der Waals surface area contributed by atoms with Crippen molar-refractivity contribution in [1.29, 1.82) is 0 Å². The van der Waals surface area contributed by atoms with Crippen molar-refractivity contribution in [3.63, 3.8) is 0 Å². The Morgan fingerprint density at radius 2 is 1.40 bits per heavy atom. The maximum absolute atomic E-state index is 13.3. The zero-order valence-corrected chi connectivity index (χ0v) is 20.8. The van der Waals surface area contributed by atoms with Gasteiger partial charge in [0.25, 0.3) is 0 Å². The van der Waals surface area contributed by atoms with Gasteiger partial charge in [0.1, 0.15) is 16.9 Å². The van der Waals surface area contributed by atoms with E-state index in [9.17, 15) is 4.79 Å². The van der Waals surface area contributed by atoms with E-state index in [1.54, 1.807) is 11.8 Å². The fourth-order valence-corrected chi connectivity index (χ4v) is 5.75. The van der Waals surface area contributed by atoms with Crippen molar-refractivity contribution < 1.29 is 9.53 Å². The molecule has 0 bridgehead atoms. The first-order chi connectivity index (χ1) is 17.0. The summed E-state index contributed by atoms with van der Waals surface area (Å²) in [5, 5.41) is 0.805. The Balaban J connectivity index is 1.70. The van der Waals surface area contributed by atoms with Gasteiger partial charge in [-0.05, 0) is 30.5 Å². The Labute approximate surface area is 210 Å². The standard InChI is InChI=1S/C29H27N3O2S/c1-28(2)30-26-29(22-15-9-5-10-16-22,23-17-11-6-12-18-23)24(25(33)34-3)19-32(26)27(31-28)35-20-21-13-7-4-8-14-21/h4-19H,20H2,1-3H3. The number of nitrogens with zero attached hydrogens (tertiary/aromatic N) is 3. The maximum atomic E-state index is 13.3. The molecule has 3 aromatic carbocycles. The average molecular weight is 482 g/mol. The summed E-state index contributed by atoms with van der Waals surface area (Å²) in [5.74, 6) is 1.12. The second-order valence-electron chi connectivity index (χ2n) is 8.98. The molecule has 0 spiro atoms. The molecule has 35 heavy (non-hydrogen) atoms. The van der Waals surface area contributed by atoms with Crippen LogP contribution in [0.25, 0.3) is 0 Å². The van der Waals surface area contributed by atoms with E-state index in [-0.39, 0.29) is 5.97 Å². The second kappa shape index (κ2) is 9.19. The van der Waals surface area contributed by atoms with Gasteiger partial charge in [0.05, 0.1) is 12.7 Å². The van der Waals surface area contributed by atoms with Crippen LogP contribution in [0.1, 0.15) is 30.5 Å². The molecule has 0 N–H and O–H groups in total. The number of rotatable bonds is 5. The number of fused-ring (bicyclic) bond motifs is 1. The molecule has 0 saturated heterocycles. The fourth-order valence-electron chi connectivity index (χ4n) is 4.70. The number of aliphatic imine (C=N–C) groups is 2. The van der Waals surface area contributed by atoms with E-state index >= 15 is 0 Å². The first kappa shape index (κ1) is 23.1. The Kier molecular flexibility index (Phi) is 6.07. The highest BCUT2D eigenvalue weighted by molar-refractivity contribution is 8.13. The van der Waals surface area contributed by atoms with Crippen LogP contribution < -0.4 is 0 Å². The summed E-state index contributed by atoms with van der Waals surface area (Å²) in [7, 11) is 1.42. The Bertz CT molecular complexity index is 1280. The summed E-state index contributed by atoms with van der Waals surface area (Å²) in [5.41, 5.74) is 2.00. The van der Waals surface area contributed by atoms with Crippen molar-refractivity contribution in [3.8, 4) is 0 Å². The summed E-state index contributed by atoms with van der Waals surface area (Å²) in [6.45, 7) is 3.99. The third-order valence-electron chi connectivity index (χ3n) is 6.21. The van der Waals surface area contributed by atoms with Crippen molar-refractivity contribution in [1.82, 2.24) is 4.90 Å². The van der Waals surface area contributed by atoms with Crippen LogP contribution in [0.5, 0.6) is 0 Å². The minimum atomic E-state index is -0.929. The van der Waals surface area contributed by atoms with Crippen LogP contribution in [-0.4, -0.2) is 34.6 Å². The van der Waals surface area contributed by atoms with Gasteiger partial charge in [0.15, 0.2) is 5.17 Å². The summed E-state index contributed by atoms with van der Waals surface area (Å²) in [6.07, 6.45) is 1.86. The number of benzene rings is 3. The molecule has 6 heteroatoms. The minimum absolute atomic E-state index is 0.389. The lowest BCUT2D eigenvalue weighted by Crippen LogP contribution is -2.48. The average Bonchev–Trinajstić information content (AvgIpc) is 3.23. The van der Waals surface area contributed by atoms with Crippen LogP contribution >= 0.6 is 11.8 Å². The third-order valence-corrected chi connectivity index (χ3v) is 7.23. The van der Waals surface area contributed by atoms with Gasteiger partial charge in [-0.2, -0.15) is 0 Å². The summed E-state index contributed by atoms with van der Waals surface area (Å²) in [6, 6.07) is 30.4. The molecule has 0 fully saturated rings. The van der Waals surface area contributed by atoms with Crippen LogP contribution in [0.4, 0.5) is 0 Å². The summed E-state index contributed by atoms with van der Waals surface area (Å²) < 4.78 is 5.32. The monoisotopic (exact) mass is 481 g/mol. The van der Waals surface area contributed by atoms with E-state index in [1.165, 1.54) is 12.7 Å². The number of thioether (sulfide) groups is 1. The lowest BCUT2D eigenvalue weighted by atomic mass is 9.69. The molecule has 0 radical (unpaired) electrons. The van der Waals surface area contributed by atoms with Gasteiger partial charge in [-0.25, -0.2) is 14.8 Å². The molecular weight excluding hydrogens is 454 g/mol. The number of carbonyl (C=O) groups excluding carboxylic acids is 1. The van der Waals surface area contributed by atoms with Gasteiger partial charge in [-0.15, -0.1) is 0 Å². The predicted molar refractivity (Wildman–Crippen MR) is 142 cm³/mol. The lowest BCUT2D eigenvalue weighted by molar-refractivity contribution is -0.136. The number of hydrogen-bond acceptors (Lipinski definition) is 6. The van der Waals surface area contributed by atoms with Crippen LogP contribution in [-0.2, 0) is 20.7 Å². The molecule has 2 heterocycles. The lowest BCUT2D eigenvalue weighted by Gasteiger charge is -2.38. The molecule has 3 aromatic rings. The van der Waals surface area contributed by atoms with Crippen LogP contribution in [0.2, 0.25) is 0 Å². The smallest absolute Gasteiger partial charge is 0.336 e. The molecule has 5 nitrogen and oxygen atoms in total. The van der Waals surface area contributed by atoms with Gasteiger partial charge in [0, 0.05) is 12.0 Å². The van der Waals surface area contributed by atoms with Gasteiger partial charge in [-0.1, -0.05) is 103 Å². The zero-order chi connectivity index (χ0) is 24.5. The highest BCUT2D eigenvalue weighted by atomic mass is 32.2. The predicted octanol–water partition coefficient (Wildman–Crippen LogP) is 5.78. The highest BCUT2D eigenvalue weighted by Crippen LogP contribution is 2.49. The molecule has 0 atom stereocenters. The minimum Gasteiger partial charge on any atom is -0.466 e. The molecular formula is C29H27N3O2S. The molecule has 176 valence electrons. The van der Waals surface area contributed by atoms with Crippen molar-refractivity contribution in [2.45, 2.75) is 30.7 Å². The molecule has 0 aromatic heterocycles. The van der Waals surface area contributed by atoms with Crippen molar-refractivity contribution >= 4 is 28.7 Å². The van der Waals surface area contributed by atoms with E-state index in [2.05, 4.69) is 12.1 Å². The largest absolute Gasteiger partial charge is 0.466 e. The normalized spacial score (nSPS) is 17.7. The maximum Gasteiger partial charge on any atom is 0.336 e. The van der Waals surface area contributed by atoms with E-state index in [1.807, 2.05) is 104 Å². The van der Waals surface area contributed by atoms with Crippen molar-refractivity contribution in [2.75, 3.05) is 7.11 Å². The van der Waals surface area contributed by atoms with Crippen molar-refractivity contribution in [2.24, 2.45) is 9.98 Å². The number of amidine groups is 2. The molecule has 0 unspecified atom stereocenters. The van der Waals surface area contributed by atoms with Gasteiger partial charge in [-0.3, -0.25) is 4.90 Å². The fraction of sp³-hybridized carbons (Fsp3) is 0.207. The second-order valence-corrected chi connectivity index (χ2v) is 9.93. The van der Waals surface area contributed by atoms with E-state index in [0.717, 1.165) is 27.9 Å². The van der Waals surface area contributed by atoms with Crippen molar-refractivity contribution in [3.05, 3.63) is 119 Å². The SMILES string of the molecule is COC(=O)C1=CN2C(SCc3ccccc3)=NC(C)(C)N=C2C1(c1ccccc1)c1ccccc1. The van der Waals surface area contributed by atoms with Crippen LogP contribution in [0, 0.1) is 0 Å². The Hall–Kier alpha value is -3.64. The zero-order valence-electron chi connectivity index (χ0n) is 20.0. The molecule has 2 aliphatic rings. The number of esters is 1. The summed E-state index contributed by atoms with van der Waals surface area (Å²) >= 11 is 1.64. The van der Waals surface area contributed by atoms with Gasteiger partial charge < -0.3 is 4.74 Å². The topological polar surface area (TPSA) is 54.3 Å². The van der Waals surface area contributed by atoms with Gasteiger partial charge in [0.2, 0.25) is 0 Å². The van der Waals surface area contributed by atoms with Crippen LogP contribution in [0.3, 0.4) is 0 Å². The quantitative estimate of drug-likeness (QED) is 0.433. The van der Waals surface area contributed by atoms with Gasteiger partial charge >= 0.3 is 5.97 Å². The number of ether oxygens (including phenoxy) is 1. The molecule has 5 rings (SSSR count). The molecule has 2 aliphatic heterocycles. The molecule has 0 saturated carbocycles. The number of carbonyl (C=O) groups is 1. The Morgan fingerprint density at radius 1 is 0.857 bits per heavy atom. The first-order valence-electron chi connectivity index (χ1n) is 11.5.